The number of nitrogens with zero attached hydrogens (tertiary/aromatic N) is 1. The van der Waals surface area contributed by atoms with E-state index in [0.29, 0.717) is 28.1 Å². The molecule has 152 valence electrons. The minimum Gasteiger partial charge on any atom is -0.356 e. The summed E-state index contributed by atoms with van der Waals surface area (Å²) in [5.41, 5.74) is 1.65. The largest absolute Gasteiger partial charge is 0.356 e. The average Bonchev–Trinajstić information content (AvgIpc) is 2.65. The molecule has 0 aromatic heterocycles. The Bertz CT molecular complexity index is 907. The smallest absolute Gasteiger partial charge is 0.232 e. The summed E-state index contributed by atoms with van der Waals surface area (Å²) in [4.78, 5) is 12.1. The number of nitrogens with one attached hydrogen (secondary N) is 1. The van der Waals surface area contributed by atoms with Gasteiger partial charge < -0.3 is 5.32 Å². The number of rotatable bonds is 9. The minimum atomic E-state index is -3.48. The van der Waals surface area contributed by atoms with E-state index in [9.17, 15) is 13.2 Å². The molecular weight excluding hydrogens is 464 g/mol. The Morgan fingerprint density at radius 2 is 1.89 bits per heavy atom. The van der Waals surface area contributed by atoms with E-state index in [1.165, 1.54) is 4.31 Å². The van der Waals surface area contributed by atoms with Crippen molar-refractivity contribution in [1.82, 2.24) is 5.32 Å². The van der Waals surface area contributed by atoms with Crippen molar-refractivity contribution >= 4 is 49.1 Å². The molecule has 28 heavy (non-hydrogen) atoms. The first kappa shape index (κ1) is 22.7. The van der Waals surface area contributed by atoms with Crippen LogP contribution in [0.25, 0.3) is 0 Å². The van der Waals surface area contributed by atoms with Crippen molar-refractivity contribution in [2.75, 3.05) is 23.7 Å². The molecule has 0 unspecified atom stereocenters. The molecule has 1 atom stereocenters. The Balaban J connectivity index is 1.88. The van der Waals surface area contributed by atoms with Crippen molar-refractivity contribution in [2.45, 2.75) is 25.7 Å². The molecule has 0 aliphatic rings. The molecule has 0 heterocycles. The first-order valence-electron chi connectivity index (χ1n) is 8.93. The third-order valence-electron chi connectivity index (χ3n) is 4.33. The van der Waals surface area contributed by atoms with Gasteiger partial charge in [0.25, 0.3) is 0 Å². The van der Waals surface area contributed by atoms with E-state index >= 15 is 0 Å². The highest BCUT2D eigenvalue weighted by Gasteiger charge is 2.18. The van der Waals surface area contributed by atoms with Crippen molar-refractivity contribution < 1.29 is 13.2 Å². The maximum Gasteiger partial charge on any atom is 0.232 e. The highest BCUT2D eigenvalue weighted by molar-refractivity contribution is 9.10. The van der Waals surface area contributed by atoms with Crippen molar-refractivity contribution in [3.63, 3.8) is 0 Å². The summed E-state index contributed by atoms with van der Waals surface area (Å²) in [7, 11) is -3.48. The molecule has 2 aromatic carbocycles. The fraction of sp³-hybridized carbons (Fsp3) is 0.350. The minimum absolute atomic E-state index is 0.0925. The molecule has 0 bridgehead atoms. The monoisotopic (exact) mass is 486 g/mol. The van der Waals surface area contributed by atoms with Gasteiger partial charge in [-0.2, -0.15) is 0 Å². The van der Waals surface area contributed by atoms with Crippen molar-refractivity contribution in [1.29, 1.82) is 0 Å². The summed E-state index contributed by atoms with van der Waals surface area (Å²) in [5, 5.41) is 3.34. The molecule has 1 N–H and O–H groups in total. The van der Waals surface area contributed by atoms with Crippen LogP contribution in [0.2, 0.25) is 5.02 Å². The van der Waals surface area contributed by atoms with Crippen LogP contribution in [0.1, 0.15) is 31.2 Å². The lowest BCUT2D eigenvalue weighted by atomic mass is 10.0. The molecular formula is C20H24BrClN2O3S. The van der Waals surface area contributed by atoms with Gasteiger partial charge in [-0.3, -0.25) is 9.10 Å². The predicted molar refractivity (Wildman–Crippen MR) is 118 cm³/mol. The van der Waals surface area contributed by atoms with Crippen LogP contribution in [-0.2, 0) is 14.8 Å². The zero-order chi connectivity index (χ0) is 20.7. The van der Waals surface area contributed by atoms with Crippen molar-refractivity contribution in [3.05, 3.63) is 63.6 Å². The first-order chi connectivity index (χ1) is 13.2. The molecule has 0 saturated heterocycles. The number of sulfonamides is 1. The molecule has 2 aromatic rings. The fourth-order valence-electron chi connectivity index (χ4n) is 2.76. The fourth-order valence-corrected chi connectivity index (χ4v) is 4.14. The van der Waals surface area contributed by atoms with Crippen LogP contribution < -0.4 is 9.62 Å². The maximum absolute atomic E-state index is 12.1. The summed E-state index contributed by atoms with van der Waals surface area (Å²) in [6, 6.07) is 14.9. The van der Waals surface area contributed by atoms with E-state index in [4.69, 9.17) is 11.6 Å². The lowest BCUT2D eigenvalue weighted by Gasteiger charge is -2.22. The normalized spacial score (nSPS) is 12.4. The molecule has 0 saturated carbocycles. The highest BCUT2D eigenvalue weighted by Crippen LogP contribution is 2.28. The molecule has 1 amide bonds. The molecule has 0 spiro atoms. The second-order valence-corrected chi connectivity index (χ2v) is 9.82. The molecule has 0 radical (unpaired) electrons. The van der Waals surface area contributed by atoms with Gasteiger partial charge in [-0.25, -0.2) is 8.42 Å². The third kappa shape index (κ3) is 6.79. The zero-order valence-corrected chi connectivity index (χ0v) is 19.0. The first-order valence-corrected chi connectivity index (χ1v) is 11.9. The van der Waals surface area contributed by atoms with E-state index in [-0.39, 0.29) is 24.8 Å². The van der Waals surface area contributed by atoms with Crippen LogP contribution >= 0.6 is 27.5 Å². The maximum atomic E-state index is 12.1. The topological polar surface area (TPSA) is 66.5 Å². The standard InChI is InChI=1S/C20H24BrClN2O3S/c1-15(16-7-4-3-5-8-16)14-23-20(25)9-6-12-24(28(2,26)27)17-10-11-18(21)19(22)13-17/h3-5,7-8,10-11,13,15H,6,9,12,14H2,1-2H3,(H,23,25)/t15-/m0/s1. The Morgan fingerprint density at radius 1 is 1.21 bits per heavy atom. The van der Waals surface area contributed by atoms with Gasteiger partial charge in [-0.1, -0.05) is 48.9 Å². The van der Waals surface area contributed by atoms with Gasteiger partial charge in [-0.05, 0) is 52.0 Å². The van der Waals surface area contributed by atoms with Gasteiger partial charge in [-0.15, -0.1) is 0 Å². The van der Waals surface area contributed by atoms with Gasteiger partial charge >= 0.3 is 0 Å². The van der Waals surface area contributed by atoms with Crippen LogP contribution in [0.5, 0.6) is 0 Å². The third-order valence-corrected chi connectivity index (χ3v) is 6.76. The summed E-state index contributed by atoms with van der Waals surface area (Å²) in [5.74, 6) is 0.118. The Hall–Kier alpha value is -1.57. The molecule has 2 rings (SSSR count). The summed E-state index contributed by atoms with van der Waals surface area (Å²) >= 11 is 9.37. The second-order valence-electron chi connectivity index (χ2n) is 6.65. The quantitative estimate of drug-likeness (QED) is 0.563. The van der Waals surface area contributed by atoms with E-state index in [2.05, 4.69) is 28.2 Å². The summed E-state index contributed by atoms with van der Waals surface area (Å²) in [6.07, 6.45) is 1.80. The van der Waals surface area contributed by atoms with Crippen LogP contribution in [-0.4, -0.2) is 33.7 Å². The van der Waals surface area contributed by atoms with Crippen LogP contribution in [0.3, 0.4) is 0 Å². The lowest BCUT2D eigenvalue weighted by molar-refractivity contribution is -0.121. The molecule has 0 aliphatic carbocycles. The number of amides is 1. The molecule has 8 heteroatoms. The van der Waals surface area contributed by atoms with Gasteiger partial charge in [0.2, 0.25) is 15.9 Å². The summed E-state index contributed by atoms with van der Waals surface area (Å²) < 4.78 is 26.3. The average molecular weight is 488 g/mol. The molecule has 0 fully saturated rings. The number of anilines is 1. The number of hydrogen-bond acceptors (Lipinski definition) is 3. The molecule has 0 aliphatic heterocycles. The van der Waals surface area contributed by atoms with Crippen LogP contribution in [0.4, 0.5) is 5.69 Å². The van der Waals surface area contributed by atoms with Gasteiger partial charge in [0.1, 0.15) is 0 Å². The van der Waals surface area contributed by atoms with Crippen molar-refractivity contribution in [3.8, 4) is 0 Å². The Morgan fingerprint density at radius 3 is 2.50 bits per heavy atom. The number of benzene rings is 2. The van der Waals surface area contributed by atoms with E-state index < -0.39 is 10.0 Å². The van der Waals surface area contributed by atoms with Crippen molar-refractivity contribution in [2.24, 2.45) is 0 Å². The van der Waals surface area contributed by atoms with Gasteiger partial charge in [0.05, 0.1) is 17.0 Å². The second kappa shape index (κ2) is 10.3. The SMILES string of the molecule is C[C@@H](CNC(=O)CCCN(c1ccc(Br)c(Cl)c1)S(C)(=O)=O)c1ccccc1. The molecule has 5 nitrogen and oxygen atoms in total. The lowest BCUT2D eigenvalue weighted by Crippen LogP contribution is -2.32. The van der Waals surface area contributed by atoms with Crippen LogP contribution in [0, 0.1) is 0 Å². The summed E-state index contributed by atoms with van der Waals surface area (Å²) in [6.45, 7) is 2.80. The van der Waals surface area contributed by atoms with E-state index in [1.807, 2.05) is 30.3 Å². The zero-order valence-electron chi connectivity index (χ0n) is 15.9. The predicted octanol–water partition coefficient (Wildman–Crippen LogP) is 4.57. The number of halogens is 2. The van der Waals surface area contributed by atoms with Gasteiger partial charge in [0.15, 0.2) is 0 Å². The number of hydrogen-bond donors (Lipinski definition) is 1. The van der Waals surface area contributed by atoms with E-state index in [1.54, 1.807) is 18.2 Å². The Labute approximate surface area is 180 Å². The number of carbonyl (C=O) groups is 1. The van der Waals surface area contributed by atoms with Gasteiger partial charge in [0, 0.05) is 24.0 Å². The Kier molecular flexibility index (Phi) is 8.34. The number of carbonyl (C=O) groups excluding carboxylic acids is 1. The highest BCUT2D eigenvalue weighted by atomic mass is 79.9. The van der Waals surface area contributed by atoms with Crippen LogP contribution in [0.15, 0.2) is 53.0 Å². The van der Waals surface area contributed by atoms with E-state index in [0.717, 1.165) is 11.8 Å².